The summed E-state index contributed by atoms with van der Waals surface area (Å²) in [6.07, 6.45) is 0. The van der Waals surface area contributed by atoms with Crippen LogP contribution in [0.1, 0.15) is 21.7 Å². The molecule has 0 saturated carbocycles. The molecule has 0 bridgehead atoms. The lowest BCUT2D eigenvalue weighted by Gasteiger charge is -2.07. The molecule has 0 aliphatic carbocycles. The predicted octanol–water partition coefficient (Wildman–Crippen LogP) is 6.11. The van der Waals surface area contributed by atoms with Gasteiger partial charge in [0.05, 0.1) is 0 Å². The molecule has 0 fully saturated rings. The summed E-state index contributed by atoms with van der Waals surface area (Å²) < 4.78 is 5.97. The molecule has 0 aliphatic heterocycles. The van der Waals surface area contributed by atoms with E-state index in [1.165, 1.54) is 0 Å². The smallest absolute Gasteiger partial charge is 0.291 e. The quantitative estimate of drug-likeness (QED) is 0.474. The second-order valence-electron chi connectivity index (χ2n) is 6.13. The number of carbonyl (C=O) groups excluding carboxylic acids is 1. The second-order valence-corrected chi connectivity index (χ2v) is 6.57. The summed E-state index contributed by atoms with van der Waals surface area (Å²) in [4.78, 5) is 12.8. The molecule has 0 atom stereocenters. The molecule has 0 radical (unpaired) electrons. The number of anilines is 1. The van der Waals surface area contributed by atoms with Gasteiger partial charge in [-0.25, -0.2) is 0 Å². The van der Waals surface area contributed by atoms with Crippen molar-refractivity contribution in [3.63, 3.8) is 0 Å². The number of aryl methyl sites for hydroxylation is 2. The van der Waals surface area contributed by atoms with Crippen LogP contribution in [0.5, 0.6) is 0 Å². The van der Waals surface area contributed by atoms with Crippen molar-refractivity contribution in [2.75, 3.05) is 5.32 Å². The molecule has 0 unspecified atom stereocenters. The Hall–Kier alpha value is -2.78. The molecule has 25 heavy (non-hydrogen) atoms. The molecular weight excluding hydrogens is 334 g/mol. The molecule has 0 aliphatic rings. The van der Waals surface area contributed by atoms with Crippen LogP contribution in [-0.4, -0.2) is 5.91 Å². The first-order valence-electron chi connectivity index (χ1n) is 8.03. The van der Waals surface area contributed by atoms with E-state index in [0.717, 1.165) is 32.9 Å². The van der Waals surface area contributed by atoms with E-state index in [1.54, 1.807) is 12.1 Å². The van der Waals surface area contributed by atoms with Gasteiger partial charge in [-0.05, 0) is 36.9 Å². The molecular formula is C21H16ClNO2. The van der Waals surface area contributed by atoms with Crippen molar-refractivity contribution >= 4 is 44.9 Å². The minimum Gasteiger partial charge on any atom is -0.450 e. The van der Waals surface area contributed by atoms with Crippen molar-refractivity contribution < 1.29 is 9.21 Å². The Labute approximate surface area is 150 Å². The van der Waals surface area contributed by atoms with Gasteiger partial charge in [0, 0.05) is 27.0 Å². The van der Waals surface area contributed by atoms with E-state index in [0.29, 0.717) is 16.5 Å². The Morgan fingerprint density at radius 2 is 1.80 bits per heavy atom. The minimum absolute atomic E-state index is 0.275. The number of furan rings is 1. The first-order chi connectivity index (χ1) is 12.0. The largest absolute Gasteiger partial charge is 0.450 e. The molecule has 0 saturated heterocycles. The predicted molar refractivity (Wildman–Crippen MR) is 103 cm³/mol. The maximum atomic E-state index is 12.8. The van der Waals surface area contributed by atoms with Crippen LogP contribution in [0.4, 0.5) is 5.69 Å². The highest BCUT2D eigenvalue weighted by molar-refractivity contribution is 6.31. The van der Waals surface area contributed by atoms with Crippen LogP contribution in [-0.2, 0) is 0 Å². The van der Waals surface area contributed by atoms with Gasteiger partial charge in [-0.1, -0.05) is 54.1 Å². The van der Waals surface area contributed by atoms with Gasteiger partial charge in [-0.15, -0.1) is 0 Å². The zero-order valence-corrected chi connectivity index (χ0v) is 14.6. The molecule has 1 aromatic heterocycles. The lowest BCUT2D eigenvalue weighted by atomic mass is 10.1. The van der Waals surface area contributed by atoms with Crippen LogP contribution in [0, 0.1) is 13.8 Å². The summed E-state index contributed by atoms with van der Waals surface area (Å²) in [5, 5.41) is 6.51. The summed E-state index contributed by atoms with van der Waals surface area (Å²) in [5.41, 5.74) is 3.20. The third-order valence-electron chi connectivity index (χ3n) is 4.48. The lowest BCUT2D eigenvalue weighted by molar-refractivity contribution is 0.0998. The van der Waals surface area contributed by atoms with Crippen LogP contribution in [0.15, 0.2) is 59.0 Å². The summed E-state index contributed by atoms with van der Waals surface area (Å²) in [6, 6.07) is 17.4. The first kappa shape index (κ1) is 15.7. The minimum atomic E-state index is -0.275. The third-order valence-corrected chi connectivity index (χ3v) is 4.72. The second kappa shape index (κ2) is 5.94. The SMILES string of the molecule is Cc1ccc(Cl)cc1NC(=O)c1oc2c(ccc3ccccc32)c1C. The lowest BCUT2D eigenvalue weighted by Crippen LogP contribution is -2.13. The number of rotatable bonds is 2. The van der Waals surface area contributed by atoms with Crippen molar-refractivity contribution in [3.05, 3.63) is 76.5 Å². The Morgan fingerprint density at radius 3 is 2.64 bits per heavy atom. The average Bonchev–Trinajstić information content (AvgIpc) is 2.95. The Morgan fingerprint density at radius 1 is 1.00 bits per heavy atom. The van der Waals surface area contributed by atoms with E-state index in [9.17, 15) is 4.79 Å². The van der Waals surface area contributed by atoms with Crippen molar-refractivity contribution in [1.82, 2.24) is 0 Å². The van der Waals surface area contributed by atoms with Gasteiger partial charge in [0.2, 0.25) is 0 Å². The normalized spacial score (nSPS) is 11.2. The molecule has 124 valence electrons. The average molecular weight is 350 g/mol. The van der Waals surface area contributed by atoms with Gasteiger partial charge in [0.15, 0.2) is 5.76 Å². The van der Waals surface area contributed by atoms with Gasteiger partial charge in [0.1, 0.15) is 5.58 Å². The number of hydrogen-bond acceptors (Lipinski definition) is 2. The fraction of sp³-hybridized carbons (Fsp3) is 0.0952. The molecule has 0 spiro atoms. The van der Waals surface area contributed by atoms with Crippen molar-refractivity contribution in [1.29, 1.82) is 0 Å². The number of amides is 1. The van der Waals surface area contributed by atoms with Crippen molar-refractivity contribution in [2.45, 2.75) is 13.8 Å². The number of carbonyl (C=O) groups is 1. The molecule has 4 aromatic rings. The van der Waals surface area contributed by atoms with Crippen LogP contribution in [0.25, 0.3) is 21.7 Å². The zero-order valence-electron chi connectivity index (χ0n) is 13.9. The monoisotopic (exact) mass is 349 g/mol. The van der Waals surface area contributed by atoms with E-state index in [2.05, 4.69) is 5.32 Å². The fourth-order valence-corrected chi connectivity index (χ4v) is 3.25. The third kappa shape index (κ3) is 2.67. The van der Waals surface area contributed by atoms with E-state index < -0.39 is 0 Å². The van der Waals surface area contributed by atoms with E-state index in [-0.39, 0.29) is 5.91 Å². The Balaban J connectivity index is 1.81. The molecule has 3 aromatic carbocycles. The maximum absolute atomic E-state index is 12.8. The topological polar surface area (TPSA) is 42.2 Å². The van der Waals surface area contributed by atoms with Crippen LogP contribution in [0.3, 0.4) is 0 Å². The number of benzene rings is 3. The highest BCUT2D eigenvalue weighted by Crippen LogP contribution is 2.32. The highest BCUT2D eigenvalue weighted by atomic mass is 35.5. The van der Waals surface area contributed by atoms with Gasteiger partial charge in [0.25, 0.3) is 5.91 Å². The maximum Gasteiger partial charge on any atom is 0.291 e. The van der Waals surface area contributed by atoms with Gasteiger partial charge in [-0.2, -0.15) is 0 Å². The summed E-state index contributed by atoms with van der Waals surface area (Å²) in [7, 11) is 0. The summed E-state index contributed by atoms with van der Waals surface area (Å²) in [6.45, 7) is 3.82. The van der Waals surface area contributed by atoms with E-state index in [1.807, 2.05) is 56.3 Å². The first-order valence-corrected chi connectivity index (χ1v) is 8.41. The molecule has 3 nitrogen and oxygen atoms in total. The number of halogens is 1. The molecule has 1 heterocycles. The van der Waals surface area contributed by atoms with Crippen LogP contribution >= 0.6 is 11.6 Å². The fourth-order valence-electron chi connectivity index (χ4n) is 3.07. The van der Waals surface area contributed by atoms with Crippen molar-refractivity contribution in [2.24, 2.45) is 0 Å². The van der Waals surface area contributed by atoms with E-state index in [4.69, 9.17) is 16.0 Å². The van der Waals surface area contributed by atoms with Crippen LogP contribution in [0.2, 0.25) is 5.02 Å². The molecule has 4 heteroatoms. The van der Waals surface area contributed by atoms with Crippen molar-refractivity contribution in [3.8, 4) is 0 Å². The zero-order chi connectivity index (χ0) is 17.6. The van der Waals surface area contributed by atoms with E-state index >= 15 is 0 Å². The van der Waals surface area contributed by atoms with Gasteiger partial charge >= 0.3 is 0 Å². The summed E-state index contributed by atoms with van der Waals surface area (Å²) in [5.74, 6) is 0.0499. The standard InChI is InChI=1S/C21H16ClNO2/c1-12-7-9-15(22)11-18(12)23-21(24)19-13(2)16-10-8-14-5-3-4-6-17(14)20(16)25-19/h3-11H,1-2H3,(H,23,24). The molecule has 1 amide bonds. The number of nitrogens with one attached hydrogen (secondary N) is 1. The number of hydrogen-bond donors (Lipinski definition) is 1. The summed E-state index contributed by atoms with van der Waals surface area (Å²) >= 11 is 6.03. The van der Waals surface area contributed by atoms with Gasteiger partial charge < -0.3 is 9.73 Å². The Bertz CT molecular complexity index is 1130. The molecule has 4 rings (SSSR count). The van der Waals surface area contributed by atoms with Crippen LogP contribution < -0.4 is 5.32 Å². The molecule has 1 N–H and O–H groups in total. The van der Waals surface area contributed by atoms with Gasteiger partial charge in [-0.3, -0.25) is 4.79 Å². The highest BCUT2D eigenvalue weighted by Gasteiger charge is 2.19. The Kier molecular flexibility index (Phi) is 3.74. The number of fused-ring (bicyclic) bond motifs is 3.